The molecule has 2 aromatic rings. The first kappa shape index (κ1) is 20.8. The molecule has 0 spiro atoms. The Bertz CT molecular complexity index is 681. The van der Waals surface area contributed by atoms with E-state index in [-0.39, 0.29) is 29.4 Å². The van der Waals surface area contributed by atoms with Gasteiger partial charge in [0.15, 0.2) is 5.96 Å². The van der Waals surface area contributed by atoms with E-state index in [0.717, 1.165) is 28.8 Å². The highest BCUT2D eigenvalue weighted by atomic mass is 127. The Balaban J connectivity index is 0.00000288. The van der Waals surface area contributed by atoms with Gasteiger partial charge in [0.25, 0.3) is 0 Å². The van der Waals surface area contributed by atoms with Crippen LogP contribution in [-0.2, 0) is 19.0 Å². The first-order valence-corrected chi connectivity index (χ1v) is 7.98. The fourth-order valence-corrected chi connectivity index (χ4v) is 2.77. The Morgan fingerprint density at radius 1 is 1.25 bits per heavy atom. The summed E-state index contributed by atoms with van der Waals surface area (Å²) in [6, 6.07) is 9.93. The van der Waals surface area contributed by atoms with Crippen molar-refractivity contribution in [1.82, 2.24) is 20.4 Å². The number of hydrogen-bond acceptors (Lipinski definition) is 2. The van der Waals surface area contributed by atoms with Crippen molar-refractivity contribution in [3.05, 3.63) is 52.8 Å². The smallest absolute Gasteiger partial charge is 0.191 e. The maximum atomic E-state index is 6.32. The first-order valence-electron chi connectivity index (χ1n) is 7.60. The second kappa shape index (κ2) is 9.27. The Morgan fingerprint density at radius 3 is 2.54 bits per heavy atom. The summed E-state index contributed by atoms with van der Waals surface area (Å²) in [5.74, 6) is 0.756. The van der Waals surface area contributed by atoms with Crippen LogP contribution >= 0.6 is 35.6 Å². The van der Waals surface area contributed by atoms with Crippen LogP contribution in [0.1, 0.15) is 25.1 Å². The molecule has 0 fully saturated rings. The fourth-order valence-electron chi connectivity index (χ4n) is 2.38. The molecule has 1 aromatic carbocycles. The lowest BCUT2D eigenvalue weighted by Crippen LogP contribution is -2.43. The van der Waals surface area contributed by atoms with Gasteiger partial charge in [-0.2, -0.15) is 5.10 Å². The third-order valence-electron chi connectivity index (χ3n) is 3.88. The van der Waals surface area contributed by atoms with Crippen molar-refractivity contribution in [2.75, 3.05) is 13.6 Å². The predicted molar refractivity (Wildman–Crippen MR) is 111 cm³/mol. The Hall–Kier alpha value is -1.28. The molecule has 1 aromatic heterocycles. The van der Waals surface area contributed by atoms with Crippen molar-refractivity contribution in [3.63, 3.8) is 0 Å². The number of nitrogens with one attached hydrogen (secondary N) is 2. The molecule has 0 radical (unpaired) electrons. The van der Waals surface area contributed by atoms with Crippen LogP contribution in [0.3, 0.4) is 0 Å². The van der Waals surface area contributed by atoms with Gasteiger partial charge < -0.3 is 10.6 Å². The highest BCUT2D eigenvalue weighted by Gasteiger charge is 2.23. The van der Waals surface area contributed by atoms with Crippen LogP contribution in [-0.4, -0.2) is 29.3 Å². The van der Waals surface area contributed by atoms with Gasteiger partial charge in [-0.3, -0.25) is 9.67 Å². The summed E-state index contributed by atoms with van der Waals surface area (Å²) in [6.07, 6.45) is 1.79. The molecule has 24 heavy (non-hydrogen) atoms. The maximum absolute atomic E-state index is 6.32. The van der Waals surface area contributed by atoms with Crippen LogP contribution in [0.25, 0.3) is 0 Å². The largest absolute Gasteiger partial charge is 0.356 e. The zero-order valence-corrected chi connectivity index (χ0v) is 17.6. The molecular formula is C17H25ClIN5. The summed E-state index contributed by atoms with van der Waals surface area (Å²) in [7, 11) is 3.69. The lowest BCUT2D eigenvalue weighted by molar-refractivity contribution is 0.508. The van der Waals surface area contributed by atoms with E-state index in [1.165, 1.54) is 0 Å². The third kappa shape index (κ3) is 5.37. The van der Waals surface area contributed by atoms with Gasteiger partial charge in [0.2, 0.25) is 0 Å². The minimum Gasteiger partial charge on any atom is -0.356 e. The maximum Gasteiger partial charge on any atom is 0.191 e. The SMILES string of the molecule is CN=C(NCc1ccnn1C)NCC(C)(C)c1ccccc1Cl.I. The van der Waals surface area contributed by atoms with Crippen molar-refractivity contribution in [2.24, 2.45) is 12.0 Å². The van der Waals surface area contributed by atoms with E-state index in [0.29, 0.717) is 6.54 Å². The monoisotopic (exact) mass is 461 g/mol. The van der Waals surface area contributed by atoms with Crippen LogP contribution in [0.2, 0.25) is 5.02 Å². The highest BCUT2D eigenvalue weighted by molar-refractivity contribution is 14.0. The number of aromatic nitrogens is 2. The normalized spacial score (nSPS) is 11.8. The van der Waals surface area contributed by atoms with Gasteiger partial charge in [-0.15, -0.1) is 24.0 Å². The van der Waals surface area contributed by atoms with Gasteiger partial charge in [0.1, 0.15) is 0 Å². The summed E-state index contributed by atoms with van der Waals surface area (Å²) in [5.41, 5.74) is 2.11. The van der Waals surface area contributed by atoms with Crippen LogP contribution in [0.5, 0.6) is 0 Å². The lowest BCUT2D eigenvalue weighted by atomic mass is 9.84. The Kier molecular flexibility index (Phi) is 8.02. The predicted octanol–water partition coefficient (Wildman–Crippen LogP) is 3.33. The van der Waals surface area contributed by atoms with E-state index in [2.05, 4.69) is 40.6 Å². The van der Waals surface area contributed by atoms with Gasteiger partial charge >= 0.3 is 0 Å². The summed E-state index contributed by atoms with van der Waals surface area (Å²) >= 11 is 6.32. The van der Waals surface area contributed by atoms with E-state index in [9.17, 15) is 0 Å². The van der Waals surface area contributed by atoms with Gasteiger partial charge in [-0.25, -0.2) is 0 Å². The molecule has 7 heteroatoms. The number of hydrogen-bond donors (Lipinski definition) is 2. The van der Waals surface area contributed by atoms with E-state index in [1.54, 1.807) is 13.2 Å². The summed E-state index contributed by atoms with van der Waals surface area (Å²) in [5, 5.41) is 11.6. The summed E-state index contributed by atoms with van der Waals surface area (Å²) in [6.45, 7) is 5.72. The molecule has 5 nitrogen and oxygen atoms in total. The van der Waals surface area contributed by atoms with E-state index in [4.69, 9.17) is 11.6 Å². The second-order valence-electron chi connectivity index (χ2n) is 6.09. The Morgan fingerprint density at radius 2 is 1.96 bits per heavy atom. The number of aryl methyl sites for hydroxylation is 1. The third-order valence-corrected chi connectivity index (χ3v) is 4.21. The van der Waals surface area contributed by atoms with Crippen molar-refractivity contribution in [2.45, 2.75) is 25.8 Å². The molecule has 0 atom stereocenters. The molecule has 0 bridgehead atoms. The van der Waals surface area contributed by atoms with Crippen LogP contribution < -0.4 is 10.6 Å². The molecule has 0 amide bonds. The number of rotatable bonds is 5. The molecule has 2 rings (SSSR count). The molecule has 0 aliphatic carbocycles. The topological polar surface area (TPSA) is 54.2 Å². The van der Waals surface area contributed by atoms with Crippen molar-refractivity contribution in [3.8, 4) is 0 Å². The van der Waals surface area contributed by atoms with Crippen LogP contribution in [0.15, 0.2) is 41.5 Å². The van der Waals surface area contributed by atoms with E-state index < -0.39 is 0 Å². The molecule has 0 aliphatic heterocycles. The van der Waals surface area contributed by atoms with Crippen molar-refractivity contribution >= 4 is 41.5 Å². The molecule has 2 N–H and O–H groups in total. The fraction of sp³-hybridized carbons (Fsp3) is 0.412. The standard InChI is InChI=1S/C17H24ClN5.HI/c1-17(2,14-7-5-6-8-15(14)18)12-21-16(19-3)20-11-13-9-10-22-23(13)4;/h5-10H,11-12H2,1-4H3,(H2,19,20,21);1H. The van der Waals surface area contributed by atoms with E-state index >= 15 is 0 Å². The van der Waals surface area contributed by atoms with Gasteiger partial charge in [-0.05, 0) is 17.7 Å². The zero-order chi connectivity index (χ0) is 16.9. The molecule has 0 aliphatic rings. The average molecular weight is 462 g/mol. The second-order valence-corrected chi connectivity index (χ2v) is 6.50. The minimum absolute atomic E-state index is 0. The molecule has 1 heterocycles. The summed E-state index contributed by atoms with van der Waals surface area (Å²) < 4.78 is 1.84. The number of benzene rings is 1. The zero-order valence-electron chi connectivity index (χ0n) is 14.5. The number of guanidine groups is 1. The first-order chi connectivity index (χ1) is 10.9. The van der Waals surface area contributed by atoms with E-state index in [1.807, 2.05) is 36.0 Å². The van der Waals surface area contributed by atoms with Gasteiger partial charge in [-0.1, -0.05) is 43.6 Å². The Labute approximate surface area is 165 Å². The molecule has 0 saturated heterocycles. The van der Waals surface area contributed by atoms with Crippen LogP contribution in [0, 0.1) is 0 Å². The molecule has 0 unspecified atom stereocenters. The van der Waals surface area contributed by atoms with Crippen molar-refractivity contribution < 1.29 is 0 Å². The number of nitrogens with zero attached hydrogens (tertiary/aromatic N) is 3. The van der Waals surface area contributed by atoms with Gasteiger partial charge in [0.05, 0.1) is 12.2 Å². The average Bonchev–Trinajstić information content (AvgIpc) is 2.93. The van der Waals surface area contributed by atoms with Crippen molar-refractivity contribution in [1.29, 1.82) is 0 Å². The lowest BCUT2D eigenvalue weighted by Gasteiger charge is -2.27. The molecule has 132 valence electrons. The molecule has 0 saturated carbocycles. The highest BCUT2D eigenvalue weighted by Crippen LogP contribution is 2.28. The number of aliphatic imine (C=N–C) groups is 1. The number of halogens is 2. The summed E-state index contributed by atoms with van der Waals surface area (Å²) in [4.78, 5) is 4.27. The molecular weight excluding hydrogens is 437 g/mol. The van der Waals surface area contributed by atoms with Gasteiger partial charge in [0, 0.05) is 37.3 Å². The minimum atomic E-state index is -0.109. The quantitative estimate of drug-likeness (QED) is 0.408. The van der Waals surface area contributed by atoms with Crippen LogP contribution in [0.4, 0.5) is 0 Å².